The molecular weight excluding hydrogens is 512 g/mol. The average Bonchev–Trinajstić information content (AvgIpc) is 3.14. The van der Waals surface area contributed by atoms with Gasteiger partial charge < -0.3 is 20.1 Å². The minimum Gasteiger partial charge on any atom is -0.499 e. The standard InChI is InChI=1S/C35H40N2O4/c1-9-36-32(34(4,5)25-16-12-14-21-13-10-11-15-23(21)25)35(6)29(38)24(30(35)41-8)20-28-33(2,3)26-19-22(31(39)40)17-18-27(26)37(28)7/h10-20,32,36H,9H2,1-8H3,(H,39,40)/p+1. The number of hydrogen-bond acceptors (Lipinski definition) is 4. The summed E-state index contributed by atoms with van der Waals surface area (Å²) in [5.74, 6) is -0.189. The molecule has 2 unspecified atom stereocenters. The number of nitrogens with two attached hydrogens (primary N) is 1. The van der Waals surface area contributed by atoms with Gasteiger partial charge in [0, 0.05) is 29.3 Å². The fourth-order valence-corrected chi connectivity index (χ4v) is 7.44. The third-order valence-corrected chi connectivity index (χ3v) is 9.55. The largest absolute Gasteiger partial charge is 0.499 e. The van der Waals surface area contributed by atoms with E-state index in [0.29, 0.717) is 11.3 Å². The van der Waals surface area contributed by atoms with Gasteiger partial charge in [-0.05, 0) is 60.0 Å². The van der Waals surface area contributed by atoms with Gasteiger partial charge in [-0.25, -0.2) is 4.79 Å². The summed E-state index contributed by atoms with van der Waals surface area (Å²) in [5.41, 5.74) is 3.15. The van der Waals surface area contributed by atoms with Crippen molar-refractivity contribution in [3.05, 3.63) is 100 Å². The molecule has 0 aromatic heterocycles. The van der Waals surface area contributed by atoms with Gasteiger partial charge in [-0.1, -0.05) is 70.2 Å². The monoisotopic (exact) mass is 553 g/mol. The van der Waals surface area contributed by atoms with Crippen LogP contribution in [0.15, 0.2) is 83.8 Å². The number of ketones is 1. The first-order valence-corrected chi connectivity index (χ1v) is 14.3. The van der Waals surface area contributed by atoms with E-state index in [1.54, 1.807) is 19.2 Å². The molecule has 0 fully saturated rings. The number of nitrogens with zero attached hydrogens (tertiary/aromatic N) is 1. The third kappa shape index (κ3) is 4.11. The number of carbonyl (C=O) groups excluding carboxylic acids is 1. The summed E-state index contributed by atoms with van der Waals surface area (Å²) in [6, 6.07) is 19.9. The molecule has 6 heteroatoms. The maximum absolute atomic E-state index is 14.3. The quantitative estimate of drug-likeness (QED) is 0.381. The molecule has 0 saturated carbocycles. The summed E-state index contributed by atoms with van der Waals surface area (Å²) in [7, 11) is 3.62. The van der Waals surface area contributed by atoms with Gasteiger partial charge in [0.2, 0.25) is 0 Å². The van der Waals surface area contributed by atoms with Crippen molar-refractivity contribution in [1.29, 1.82) is 0 Å². The predicted molar refractivity (Wildman–Crippen MR) is 163 cm³/mol. The van der Waals surface area contributed by atoms with Crippen LogP contribution in [0.1, 0.15) is 63.0 Å². The van der Waals surface area contributed by atoms with Crippen LogP contribution in [0.25, 0.3) is 10.8 Å². The minimum absolute atomic E-state index is 0.0660. The normalized spacial score (nSPS) is 21.7. The van der Waals surface area contributed by atoms with Crippen LogP contribution in [0.4, 0.5) is 5.69 Å². The van der Waals surface area contributed by atoms with Crippen molar-refractivity contribution in [1.82, 2.24) is 0 Å². The van der Waals surface area contributed by atoms with Gasteiger partial charge in [0.05, 0.1) is 24.8 Å². The van der Waals surface area contributed by atoms with Crippen molar-refractivity contribution in [2.24, 2.45) is 5.41 Å². The van der Waals surface area contributed by atoms with E-state index in [4.69, 9.17) is 4.74 Å². The Bertz CT molecular complexity index is 1620. The number of anilines is 1. The number of likely N-dealkylation sites (N-methyl/N-ethyl adjacent to an activating group) is 2. The zero-order chi connectivity index (χ0) is 29.9. The Kier molecular flexibility index (Phi) is 6.90. The molecule has 0 radical (unpaired) electrons. The lowest BCUT2D eigenvalue weighted by Gasteiger charge is -2.49. The average molecular weight is 554 g/mol. The highest BCUT2D eigenvalue weighted by Crippen LogP contribution is 2.53. The molecule has 1 aliphatic carbocycles. The zero-order valence-electron chi connectivity index (χ0n) is 25.3. The van der Waals surface area contributed by atoms with Crippen molar-refractivity contribution in [2.75, 3.05) is 25.6 Å². The molecule has 0 amide bonds. The molecule has 1 aliphatic heterocycles. The van der Waals surface area contributed by atoms with Gasteiger partial charge in [0.25, 0.3) is 0 Å². The molecule has 1 heterocycles. The van der Waals surface area contributed by atoms with E-state index in [-0.39, 0.29) is 22.8 Å². The van der Waals surface area contributed by atoms with Crippen molar-refractivity contribution in [3.63, 3.8) is 0 Å². The highest BCUT2D eigenvalue weighted by Gasteiger charge is 2.62. The minimum atomic E-state index is -0.954. The Balaban J connectivity index is 1.61. The summed E-state index contributed by atoms with van der Waals surface area (Å²) in [4.78, 5) is 28.1. The van der Waals surface area contributed by atoms with Gasteiger partial charge in [-0.15, -0.1) is 0 Å². The van der Waals surface area contributed by atoms with Crippen LogP contribution < -0.4 is 10.2 Å². The summed E-state index contributed by atoms with van der Waals surface area (Å²) in [6.07, 6.45) is 1.96. The zero-order valence-corrected chi connectivity index (χ0v) is 25.3. The number of aromatic carboxylic acids is 1. The highest BCUT2D eigenvalue weighted by molar-refractivity contribution is 6.12. The molecule has 6 nitrogen and oxygen atoms in total. The molecule has 0 bridgehead atoms. The fraction of sp³-hybridized carbons (Fsp3) is 0.371. The molecule has 3 N–H and O–H groups in total. The molecule has 0 saturated heterocycles. The van der Waals surface area contributed by atoms with Crippen LogP contribution in [0.3, 0.4) is 0 Å². The number of quaternary nitrogens is 1. The number of carboxylic acids is 1. The lowest BCUT2D eigenvalue weighted by molar-refractivity contribution is -0.704. The first kappa shape index (κ1) is 28.6. The van der Waals surface area contributed by atoms with Crippen molar-refractivity contribution >= 4 is 28.2 Å². The van der Waals surface area contributed by atoms with Crippen molar-refractivity contribution < 1.29 is 24.7 Å². The summed E-state index contributed by atoms with van der Waals surface area (Å²) < 4.78 is 6.07. The van der Waals surface area contributed by atoms with E-state index in [1.807, 2.05) is 26.1 Å². The second-order valence-corrected chi connectivity index (χ2v) is 12.6. The van der Waals surface area contributed by atoms with Crippen LogP contribution in [-0.2, 0) is 20.4 Å². The SMILES string of the molecule is CC[NH2+]C(C1(C)C(=O)C(C=C2N(C)c3ccc(C(=O)O)cc3C2(C)C)=C1OC)C(C)(C)c1cccc2ccccc12. The van der Waals surface area contributed by atoms with E-state index >= 15 is 0 Å². The highest BCUT2D eigenvalue weighted by atomic mass is 16.5. The molecule has 214 valence electrons. The lowest BCUT2D eigenvalue weighted by atomic mass is 9.56. The number of carbonyl (C=O) groups is 2. The van der Waals surface area contributed by atoms with E-state index in [1.165, 1.54) is 16.3 Å². The second-order valence-electron chi connectivity index (χ2n) is 12.6. The smallest absolute Gasteiger partial charge is 0.335 e. The van der Waals surface area contributed by atoms with Crippen LogP contribution in [-0.4, -0.2) is 43.6 Å². The Morgan fingerprint density at radius 1 is 1.10 bits per heavy atom. The molecule has 3 aromatic carbocycles. The fourth-order valence-electron chi connectivity index (χ4n) is 7.44. The summed E-state index contributed by atoms with van der Waals surface area (Å²) in [5, 5.41) is 14.2. The molecule has 5 rings (SSSR count). The number of methoxy groups -OCH3 is 1. The Labute approximate surface area is 242 Å². The Morgan fingerprint density at radius 3 is 2.44 bits per heavy atom. The number of hydrogen-bond donors (Lipinski definition) is 2. The van der Waals surface area contributed by atoms with Gasteiger partial charge in [0.15, 0.2) is 5.78 Å². The van der Waals surface area contributed by atoms with E-state index in [2.05, 4.69) is 87.3 Å². The Hall–Kier alpha value is -3.90. The molecular formula is C35H41N2O4+. The number of benzene rings is 3. The third-order valence-electron chi connectivity index (χ3n) is 9.55. The molecule has 0 spiro atoms. The topological polar surface area (TPSA) is 83.5 Å². The molecule has 2 aliphatic rings. The first-order valence-electron chi connectivity index (χ1n) is 14.3. The van der Waals surface area contributed by atoms with E-state index < -0.39 is 16.8 Å². The second kappa shape index (κ2) is 9.88. The molecule has 2 atom stereocenters. The first-order chi connectivity index (χ1) is 19.3. The number of carboxylic acid groups (broad SMARTS) is 1. The van der Waals surface area contributed by atoms with Crippen molar-refractivity contribution in [2.45, 2.75) is 58.4 Å². The molecule has 41 heavy (non-hydrogen) atoms. The van der Waals surface area contributed by atoms with Gasteiger partial charge >= 0.3 is 5.97 Å². The maximum Gasteiger partial charge on any atom is 0.335 e. The predicted octanol–water partition coefficient (Wildman–Crippen LogP) is 5.57. The van der Waals surface area contributed by atoms with Gasteiger partial charge in [-0.3, -0.25) is 4.79 Å². The maximum atomic E-state index is 14.3. The van der Waals surface area contributed by atoms with Crippen LogP contribution >= 0.6 is 0 Å². The van der Waals surface area contributed by atoms with Crippen LogP contribution in [0, 0.1) is 5.41 Å². The van der Waals surface area contributed by atoms with E-state index in [0.717, 1.165) is 23.5 Å². The van der Waals surface area contributed by atoms with Crippen LogP contribution in [0.2, 0.25) is 0 Å². The van der Waals surface area contributed by atoms with Crippen molar-refractivity contribution in [3.8, 4) is 0 Å². The Morgan fingerprint density at radius 2 is 1.78 bits per heavy atom. The summed E-state index contributed by atoms with van der Waals surface area (Å²) >= 11 is 0. The number of rotatable bonds is 8. The lowest BCUT2D eigenvalue weighted by Crippen LogP contribution is -2.97. The number of ether oxygens (including phenoxy) is 1. The molecule has 3 aromatic rings. The van der Waals surface area contributed by atoms with E-state index in [9.17, 15) is 14.7 Å². The number of allylic oxidation sites excluding steroid dienone is 3. The van der Waals surface area contributed by atoms with Gasteiger partial charge in [-0.2, -0.15) is 0 Å². The van der Waals surface area contributed by atoms with Crippen LogP contribution in [0.5, 0.6) is 0 Å². The number of fused-ring (bicyclic) bond motifs is 2. The van der Waals surface area contributed by atoms with Gasteiger partial charge in [0.1, 0.15) is 17.2 Å². The summed E-state index contributed by atoms with van der Waals surface area (Å²) in [6.45, 7) is 13.6. The number of Topliss-reactive ketones (excluding diaryl/α,β-unsaturated/α-hetero) is 1.